The highest BCUT2D eigenvalue weighted by Crippen LogP contribution is 2.00. The highest BCUT2D eigenvalue weighted by Gasteiger charge is 2.15. The Labute approximate surface area is 106 Å². The second-order valence-electron chi connectivity index (χ2n) is 4.62. The Bertz CT molecular complexity index is 475. The fraction of sp³-hybridized carbons (Fsp3) is 0.538. The largest absolute Gasteiger partial charge is 0.340 e. The van der Waals surface area contributed by atoms with Crippen molar-refractivity contribution >= 4 is 5.91 Å². The summed E-state index contributed by atoms with van der Waals surface area (Å²) in [6, 6.07) is 3.33. The number of pyridine rings is 1. The molecule has 1 amide bonds. The molecule has 0 radical (unpaired) electrons. The molecule has 98 valence electrons. The SMILES string of the molecule is Cc1ccc(=O)n(CCC(=O)N2CCNCC2)c1. The Morgan fingerprint density at radius 2 is 2.06 bits per heavy atom. The van der Waals surface area contributed by atoms with Gasteiger partial charge in [-0.25, -0.2) is 0 Å². The van der Waals surface area contributed by atoms with Crippen LogP contribution in [-0.4, -0.2) is 41.6 Å². The zero-order valence-electron chi connectivity index (χ0n) is 10.7. The fourth-order valence-electron chi connectivity index (χ4n) is 2.11. The first-order valence-corrected chi connectivity index (χ1v) is 6.32. The van der Waals surface area contributed by atoms with Crippen LogP contribution in [0.5, 0.6) is 0 Å². The van der Waals surface area contributed by atoms with Crippen molar-refractivity contribution in [3.63, 3.8) is 0 Å². The van der Waals surface area contributed by atoms with Gasteiger partial charge in [-0.15, -0.1) is 0 Å². The van der Waals surface area contributed by atoms with Crippen LogP contribution in [0.1, 0.15) is 12.0 Å². The molecule has 2 rings (SSSR count). The van der Waals surface area contributed by atoms with Crippen LogP contribution in [0, 0.1) is 6.92 Å². The molecule has 1 fully saturated rings. The average molecular weight is 249 g/mol. The standard InChI is InChI=1S/C13H19N3O2/c1-11-2-3-12(17)16(10-11)7-4-13(18)15-8-5-14-6-9-15/h2-3,10,14H,4-9H2,1H3. The van der Waals surface area contributed by atoms with Crippen LogP contribution < -0.4 is 10.9 Å². The van der Waals surface area contributed by atoms with E-state index in [1.165, 1.54) is 0 Å². The molecule has 0 bridgehead atoms. The lowest BCUT2D eigenvalue weighted by molar-refractivity contribution is -0.132. The van der Waals surface area contributed by atoms with Gasteiger partial charge in [-0.3, -0.25) is 9.59 Å². The number of piperazine rings is 1. The van der Waals surface area contributed by atoms with Gasteiger partial charge >= 0.3 is 0 Å². The smallest absolute Gasteiger partial charge is 0.250 e. The van der Waals surface area contributed by atoms with E-state index < -0.39 is 0 Å². The minimum Gasteiger partial charge on any atom is -0.340 e. The van der Waals surface area contributed by atoms with E-state index in [0.717, 1.165) is 31.7 Å². The van der Waals surface area contributed by atoms with Crippen molar-refractivity contribution in [1.82, 2.24) is 14.8 Å². The number of rotatable bonds is 3. The minimum atomic E-state index is -0.0475. The maximum atomic E-state index is 12.0. The van der Waals surface area contributed by atoms with Crippen molar-refractivity contribution in [1.29, 1.82) is 0 Å². The third-order valence-corrected chi connectivity index (χ3v) is 3.17. The summed E-state index contributed by atoms with van der Waals surface area (Å²) < 4.78 is 1.61. The number of nitrogens with one attached hydrogen (secondary N) is 1. The quantitative estimate of drug-likeness (QED) is 0.819. The Morgan fingerprint density at radius 1 is 1.33 bits per heavy atom. The molecule has 0 atom stereocenters. The zero-order valence-corrected chi connectivity index (χ0v) is 10.7. The molecule has 0 aliphatic carbocycles. The van der Waals surface area contributed by atoms with Gasteiger partial charge in [0.1, 0.15) is 0 Å². The van der Waals surface area contributed by atoms with Crippen LogP contribution in [0.25, 0.3) is 0 Å². The molecule has 1 aromatic heterocycles. The molecule has 0 saturated carbocycles. The molecule has 1 aromatic rings. The molecule has 2 heterocycles. The summed E-state index contributed by atoms with van der Waals surface area (Å²) >= 11 is 0. The second kappa shape index (κ2) is 5.82. The van der Waals surface area contributed by atoms with E-state index in [4.69, 9.17) is 0 Å². The van der Waals surface area contributed by atoms with Crippen molar-refractivity contribution < 1.29 is 4.79 Å². The first-order chi connectivity index (χ1) is 8.66. The van der Waals surface area contributed by atoms with E-state index >= 15 is 0 Å². The van der Waals surface area contributed by atoms with Gasteiger partial charge in [-0.2, -0.15) is 0 Å². The molecule has 18 heavy (non-hydrogen) atoms. The third-order valence-electron chi connectivity index (χ3n) is 3.17. The van der Waals surface area contributed by atoms with E-state index in [0.29, 0.717) is 13.0 Å². The fourth-order valence-corrected chi connectivity index (χ4v) is 2.11. The van der Waals surface area contributed by atoms with Crippen molar-refractivity contribution in [2.75, 3.05) is 26.2 Å². The molecule has 1 aliphatic heterocycles. The highest BCUT2D eigenvalue weighted by molar-refractivity contribution is 5.76. The molecule has 0 spiro atoms. The van der Waals surface area contributed by atoms with E-state index in [1.54, 1.807) is 22.9 Å². The van der Waals surface area contributed by atoms with Gasteiger partial charge in [-0.05, 0) is 12.5 Å². The maximum absolute atomic E-state index is 12.0. The predicted molar refractivity (Wildman–Crippen MR) is 69.5 cm³/mol. The minimum absolute atomic E-state index is 0.0475. The molecule has 1 saturated heterocycles. The average Bonchev–Trinajstić information content (AvgIpc) is 2.40. The number of hydrogen-bond acceptors (Lipinski definition) is 3. The van der Waals surface area contributed by atoms with E-state index in [9.17, 15) is 9.59 Å². The lowest BCUT2D eigenvalue weighted by atomic mass is 10.3. The lowest BCUT2D eigenvalue weighted by Gasteiger charge is -2.27. The summed E-state index contributed by atoms with van der Waals surface area (Å²) in [5.74, 6) is 0.130. The number of amides is 1. The molecule has 1 aliphatic rings. The van der Waals surface area contributed by atoms with Gasteiger partial charge in [0.15, 0.2) is 0 Å². The van der Waals surface area contributed by atoms with Gasteiger partial charge in [0.05, 0.1) is 0 Å². The van der Waals surface area contributed by atoms with E-state index in [2.05, 4.69) is 5.32 Å². The molecule has 5 heteroatoms. The zero-order chi connectivity index (χ0) is 13.0. The molecule has 1 N–H and O–H groups in total. The number of nitrogens with zero attached hydrogens (tertiary/aromatic N) is 2. The monoisotopic (exact) mass is 249 g/mol. The molecule has 0 unspecified atom stereocenters. The second-order valence-corrected chi connectivity index (χ2v) is 4.62. The first-order valence-electron chi connectivity index (χ1n) is 6.32. The number of carbonyl (C=O) groups excluding carboxylic acids is 1. The Kier molecular flexibility index (Phi) is 4.15. The van der Waals surface area contributed by atoms with Gasteiger partial charge in [0, 0.05) is 51.4 Å². The highest BCUT2D eigenvalue weighted by atomic mass is 16.2. The Morgan fingerprint density at radius 3 is 2.78 bits per heavy atom. The van der Waals surface area contributed by atoms with Crippen molar-refractivity contribution in [3.8, 4) is 0 Å². The Balaban J connectivity index is 1.92. The van der Waals surface area contributed by atoms with Crippen LogP contribution in [0.2, 0.25) is 0 Å². The summed E-state index contributed by atoms with van der Waals surface area (Å²) in [5.41, 5.74) is 0.984. The van der Waals surface area contributed by atoms with Gasteiger partial charge in [-0.1, -0.05) is 6.07 Å². The summed E-state index contributed by atoms with van der Waals surface area (Å²) in [6.07, 6.45) is 2.19. The topological polar surface area (TPSA) is 54.3 Å². The summed E-state index contributed by atoms with van der Waals surface area (Å²) in [7, 11) is 0. The number of aryl methyl sites for hydroxylation is 2. The summed E-state index contributed by atoms with van der Waals surface area (Å²) in [4.78, 5) is 25.4. The van der Waals surface area contributed by atoms with Crippen LogP contribution >= 0.6 is 0 Å². The van der Waals surface area contributed by atoms with Crippen LogP contribution in [-0.2, 0) is 11.3 Å². The van der Waals surface area contributed by atoms with E-state index in [1.807, 2.05) is 11.8 Å². The normalized spacial score (nSPS) is 15.7. The first kappa shape index (κ1) is 12.8. The number of hydrogen-bond donors (Lipinski definition) is 1. The molecule has 0 aromatic carbocycles. The van der Waals surface area contributed by atoms with E-state index in [-0.39, 0.29) is 11.5 Å². The summed E-state index contributed by atoms with van der Waals surface area (Å²) in [5, 5.41) is 3.21. The lowest BCUT2D eigenvalue weighted by Crippen LogP contribution is -2.46. The third kappa shape index (κ3) is 3.20. The van der Waals surface area contributed by atoms with Gasteiger partial charge in [0.25, 0.3) is 5.56 Å². The van der Waals surface area contributed by atoms with Crippen molar-refractivity contribution in [3.05, 3.63) is 34.2 Å². The van der Waals surface area contributed by atoms with Crippen molar-refractivity contribution in [2.45, 2.75) is 19.9 Å². The number of carbonyl (C=O) groups is 1. The maximum Gasteiger partial charge on any atom is 0.250 e. The van der Waals surface area contributed by atoms with Crippen LogP contribution in [0.3, 0.4) is 0 Å². The van der Waals surface area contributed by atoms with Gasteiger partial charge in [0.2, 0.25) is 5.91 Å². The Hall–Kier alpha value is -1.62. The molecule has 5 nitrogen and oxygen atoms in total. The number of aromatic nitrogens is 1. The predicted octanol–water partition coefficient (Wildman–Crippen LogP) is -0.0214. The molecular weight excluding hydrogens is 230 g/mol. The van der Waals surface area contributed by atoms with Crippen LogP contribution in [0.4, 0.5) is 0 Å². The molecular formula is C13H19N3O2. The van der Waals surface area contributed by atoms with Crippen molar-refractivity contribution in [2.24, 2.45) is 0 Å². The van der Waals surface area contributed by atoms with Crippen LogP contribution in [0.15, 0.2) is 23.1 Å². The summed E-state index contributed by atoms with van der Waals surface area (Å²) in [6.45, 7) is 5.65. The van der Waals surface area contributed by atoms with Gasteiger partial charge < -0.3 is 14.8 Å².